The quantitative estimate of drug-likeness (QED) is 0.925. The van der Waals surface area contributed by atoms with E-state index in [1.54, 1.807) is 18.5 Å². The van der Waals surface area contributed by atoms with E-state index < -0.39 is 11.7 Å². The smallest absolute Gasteiger partial charge is 0.320 e. The molecule has 2 aromatic rings. The van der Waals surface area contributed by atoms with Crippen LogP contribution in [0.15, 0.2) is 30.6 Å². The number of benzene rings is 1. The van der Waals surface area contributed by atoms with Crippen molar-refractivity contribution in [1.29, 1.82) is 0 Å². The van der Waals surface area contributed by atoms with Crippen molar-refractivity contribution in [2.24, 2.45) is 7.05 Å². The highest BCUT2D eigenvalue weighted by Crippen LogP contribution is 2.40. The predicted molar refractivity (Wildman–Crippen MR) is 84.3 cm³/mol. The Morgan fingerprint density at radius 3 is 2.67 bits per heavy atom. The number of nitrogens with zero attached hydrogens (tertiary/aromatic N) is 3. The van der Waals surface area contributed by atoms with Gasteiger partial charge in [-0.15, -0.1) is 10.2 Å². The number of aromatic nitrogens is 3. The van der Waals surface area contributed by atoms with Gasteiger partial charge in [0.1, 0.15) is 12.2 Å². The van der Waals surface area contributed by atoms with E-state index in [-0.39, 0.29) is 12.0 Å². The standard InChI is InChI=1S/C17H21F3N4/c1-24-11-22-23-16(24)10-21-15-9-5-3-7-13(15)12-6-2-4-8-14(12)17(18,19)20/h2,4,6,8,11,13,15,21H,3,5,7,9-10H2,1H3/t13-,15-/m1/s1. The number of hydrogen-bond donors (Lipinski definition) is 1. The normalized spacial score (nSPS) is 21.8. The van der Waals surface area contributed by atoms with Gasteiger partial charge in [-0.2, -0.15) is 13.2 Å². The van der Waals surface area contributed by atoms with E-state index >= 15 is 0 Å². The number of hydrogen-bond acceptors (Lipinski definition) is 3. The fourth-order valence-electron chi connectivity index (χ4n) is 3.52. The molecule has 0 aliphatic heterocycles. The molecular formula is C17H21F3N4. The summed E-state index contributed by atoms with van der Waals surface area (Å²) in [5.74, 6) is 0.647. The Morgan fingerprint density at radius 1 is 1.21 bits per heavy atom. The second-order valence-electron chi connectivity index (χ2n) is 6.32. The molecule has 1 N–H and O–H groups in total. The zero-order valence-corrected chi connectivity index (χ0v) is 13.6. The molecular weight excluding hydrogens is 317 g/mol. The van der Waals surface area contributed by atoms with E-state index in [0.717, 1.165) is 31.5 Å². The number of alkyl halides is 3. The van der Waals surface area contributed by atoms with Crippen LogP contribution in [0.4, 0.5) is 13.2 Å². The molecule has 1 fully saturated rings. The van der Waals surface area contributed by atoms with Crippen LogP contribution in [0, 0.1) is 0 Å². The van der Waals surface area contributed by atoms with Gasteiger partial charge in [-0.25, -0.2) is 0 Å². The number of nitrogens with one attached hydrogen (secondary N) is 1. The molecule has 1 aromatic carbocycles. The first-order valence-electron chi connectivity index (χ1n) is 8.19. The van der Waals surface area contributed by atoms with Gasteiger partial charge in [0, 0.05) is 13.1 Å². The molecule has 0 spiro atoms. The van der Waals surface area contributed by atoms with E-state index in [1.165, 1.54) is 12.1 Å². The maximum atomic E-state index is 13.4. The lowest BCUT2D eigenvalue weighted by atomic mass is 9.78. The Morgan fingerprint density at radius 2 is 1.96 bits per heavy atom. The van der Waals surface area contributed by atoms with Crippen molar-refractivity contribution in [2.75, 3.05) is 0 Å². The molecule has 0 saturated heterocycles. The fourth-order valence-corrected chi connectivity index (χ4v) is 3.52. The molecule has 0 amide bonds. The molecule has 3 rings (SSSR count). The highest BCUT2D eigenvalue weighted by atomic mass is 19.4. The van der Waals surface area contributed by atoms with Gasteiger partial charge in [0.25, 0.3) is 0 Å². The summed E-state index contributed by atoms with van der Waals surface area (Å²) in [7, 11) is 1.86. The molecule has 7 heteroatoms. The summed E-state index contributed by atoms with van der Waals surface area (Å²) >= 11 is 0. The second kappa shape index (κ2) is 6.93. The minimum atomic E-state index is -4.32. The fraction of sp³-hybridized carbons (Fsp3) is 0.529. The summed E-state index contributed by atoms with van der Waals surface area (Å²) in [5.41, 5.74) is -0.109. The maximum Gasteiger partial charge on any atom is 0.416 e. The van der Waals surface area contributed by atoms with E-state index in [9.17, 15) is 13.2 Å². The van der Waals surface area contributed by atoms with E-state index in [1.807, 2.05) is 11.6 Å². The molecule has 0 bridgehead atoms. The molecule has 4 nitrogen and oxygen atoms in total. The van der Waals surface area contributed by atoms with Gasteiger partial charge in [0.2, 0.25) is 0 Å². The Bertz CT molecular complexity index is 680. The van der Waals surface area contributed by atoms with Crippen LogP contribution in [0.25, 0.3) is 0 Å². The topological polar surface area (TPSA) is 42.7 Å². The zero-order valence-electron chi connectivity index (χ0n) is 13.6. The van der Waals surface area contributed by atoms with E-state index in [2.05, 4.69) is 15.5 Å². The van der Waals surface area contributed by atoms with Crippen LogP contribution in [-0.2, 0) is 19.8 Å². The lowest BCUT2D eigenvalue weighted by Crippen LogP contribution is -2.38. The van der Waals surface area contributed by atoms with Crippen molar-refractivity contribution in [1.82, 2.24) is 20.1 Å². The van der Waals surface area contributed by atoms with Gasteiger partial charge in [-0.3, -0.25) is 0 Å². The van der Waals surface area contributed by atoms with Crippen molar-refractivity contribution in [2.45, 2.75) is 50.4 Å². The molecule has 24 heavy (non-hydrogen) atoms. The van der Waals surface area contributed by atoms with Gasteiger partial charge in [-0.05, 0) is 30.4 Å². The summed E-state index contributed by atoms with van der Waals surface area (Å²) in [5, 5.41) is 11.3. The molecule has 1 saturated carbocycles. The molecule has 1 heterocycles. The Hall–Kier alpha value is -1.89. The Kier molecular flexibility index (Phi) is 4.89. The lowest BCUT2D eigenvalue weighted by molar-refractivity contribution is -0.138. The van der Waals surface area contributed by atoms with Crippen LogP contribution in [0.1, 0.15) is 48.6 Å². The van der Waals surface area contributed by atoms with Gasteiger partial charge >= 0.3 is 6.18 Å². The third-order valence-electron chi connectivity index (χ3n) is 4.76. The van der Waals surface area contributed by atoms with Crippen LogP contribution in [0.5, 0.6) is 0 Å². The third kappa shape index (κ3) is 3.61. The van der Waals surface area contributed by atoms with Crippen molar-refractivity contribution in [3.8, 4) is 0 Å². The highest BCUT2D eigenvalue weighted by molar-refractivity contribution is 5.34. The maximum absolute atomic E-state index is 13.4. The minimum absolute atomic E-state index is 0.0129. The average Bonchev–Trinajstić information content (AvgIpc) is 2.97. The summed E-state index contributed by atoms with van der Waals surface area (Å²) in [6, 6.07) is 5.97. The van der Waals surface area contributed by atoms with Crippen molar-refractivity contribution < 1.29 is 13.2 Å². The lowest BCUT2D eigenvalue weighted by Gasteiger charge is -2.34. The number of aryl methyl sites for hydroxylation is 1. The Labute approximate surface area is 139 Å². The van der Waals surface area contributed by atoms with Crippen molar-refractivity contribution in [3.05, 3.63) is 47.5 Å². The minimum Gasteiger partial charge on any atom is -0.320 e. The summed E-state index contributed by atoms with van der Waals surface area (Å²) in [6.07, 6.45) is 0.926. The molecule has 1 aromatic heterocycles. The zero-order chi connectivity index (χ0) is 17.2. The van der Waals surface area contributed by atoms with E-state index in [4.69, 9.17) is 0 Å². The molecule has 0 radical (unpaired) electrons. The van der Waals surface area contributed by atoms with Crippen LogP contribution in [0.3, 0.4) is 0 Å². The van der Waals surface area contributed by atoms with Gasteiger partial charge in [-0.1, -0.05) is 31.0 Å². The van der Waals surface area contributed by atoms with Crippen LogP contribution < -0.4 is 5.32 Å². The van der Waals surface area contributed by atoms with Crippen LogP contribution in [0.2, 0.25) is 0 Å². The van der Waals surface area contributed by atoms with Crippen LogP contribution in [-0.4, -0.2) is 20.8 Å². The van der Waals surface area contributed by atoms with Gasteiger partial charge < -0.3 is 9.88 Å². The Balaban J connectivity index is 1.81. The molecule has 1 aliphatic rings. The first-order chi connectivity index (χ1) is 11.5. The molecule has 2 atom stereocenters. The number of halogens is 3. The first-order valence-corrected chi connectivity index (χ1v) is 8.19. The van der Waals surface area contributed by atoms with E-state index in [0.29, 0.717) is 12.1 Å². The van der Waals surface area contributed by atoms with Gasteiger partial charge in [0.15, 0.2) is 0 Å². The van der Waals surface area contributed by atoms with Crippen LogP contribution >= 0.6 is 0 Å². The van der Waals surface area contributed by atoms with Crippen molar-refractivity contribution in [3.63, 3.8) is 0 Å². The van der Waals surface area contributed by atoms with Crippen molar-refractivity contribution >= 4 is 0 Å². The second-order valence-corrected chi connectivity index (χ2v) is 6.32. The summed E-state index contributed by atoms with van der Waals surface area (Å²) in [6.45, 7) is 0.506. The SMILES string of the molecule is Cn1cnnc1CN[C@@H]1CCCC[C@@H]1c1ccccc1C(F)(F)F. The monoisotopic (exact) mass is 338 g/mol. The molecule has 130 valence electrons. The predicted octanol–water partition coefficient (Wildman–Crippen LogP) is 3.65. The summed E-state index contributed by atoms with van der Waals surface area (Å²) in [4.78, 5) is 0. The third-order valence-corrected chi connectivity index (χ3v) is 4.76. The summed E-state index contributed by atoms with van der Waals surface area (Å²) < 4.78 is 41.9. The highest BCUT2D eigenvalue weighted by Gasteiger charge is 2.37. The molecule has 0 unspecified atom stereocenters. The first kappa shape index (κ1) is 17.0. The largest absolute Gasteiger partial charge is 0.416 e. The molecule has 1 aliphatic carbocycles. The number of rotatable bonds is 4. The van der Waals surface area contributed by atoms with Gasteiger partial charge in [0.05, 0.1) is 12.1 Å². The average molecular weight is 338 g/mol.